The van der Waals surface area contributed by atoms with E-state index in [1.807, 2.05) is 29.2 Å². The topological polar surface area (TPSA) is 45.6 Å². The fraction of sp³-hybridized carbons (Fsp3) is 0.304. The smallest absolute Gasteiger partial charge is 0.256 e. The van der Waals surface area contributed by atoms with Crippen molar-refractivity contribution in [1.82, 2.24) is 9.47 Å². The van der Waals surface area contributed by atoms with Crippen molar-refractivity contribution >= 4 is 28.4 Å². The van der Waals surface area contributed by atoms with E-state index in [1.54, 1.807) is 10.8 Å². The Balaban J connectivity index is 1.56. The minimum absolute atomic E-state index is 0.00295. The number of piperazine rings is 1. The highest BCUT2D eigenvalue weighted by Gasteiger charge is 2.26. The molecule has 1 amide bonds. The molecule has 1 fully saturated rings. The Hall–Kier alpha value is -3.08. The molecular weight excluding hydrogens is 350 g/mol. The summed E-state index contributed by atoms with van der Waals surface area (Å²) in [6, 6.07) is 14.0. The Bertz CT molecular complexity index is 1060. The third-order valence-electron chi connectivity index (χ3n) is 5.77. The second-order valence-corrected chi connectivity index (χ2v) is 7.45. The van der Waals surface area contributed by atoms with Crippen molar-refractivity contribution < 1.29 is 9.59 Å². The van der Waals surface area contributed by atoms with Gasteiger partial charge in [-0.2, -0.15) is 0 Å². The highest BCUT2D eigenvalue weighted by Crippen LogP contribution is 2.26. The zero-order chi connectivity index (χ0) is 19.8. The fourth-order valence-electron chi connectivity index (χ4n) is 4.01. The molecule has 0 saturated carbocycles. The van der Waals surface area contributed by atoms with Gasteiger partial charge in [-0.05, 0) is 37.1 Å². The Morgan fingerprint density at radius 1 is 0.893 bits per heavy atom. The number of anilines is 1. The molecule has 2 aromatic carbocycles. The van der Waals surface area contributed by atoms with Crippen LogP contribution in [0.15, 0.2) is 48.7 Å². The van der Waals surface area contributed by atoms with Crippen LogP contribution in [-0.2, 0) is 0 Å². The molecule has 1 aliphatic heterocycles. The van der Waals surface area contributed by atoms with Gasteiger partial charge in [-0.3, -0.25) is 14.2 Å². The average Bonchev–Trinajstić information content (AvgIpc) is 3.10. The van der Waals surface area contributed by atoms with E-state index in [0.29, 0.717) is 18.7 Å². The largest absolute Gasteiger partial charge is 0.368 e. The van der Waals surface area contributed by atoms with Crippen molar-refractivity contribution in [2.24, 2.45) is 0 Å². The summed E-state index contributed by atoms with van der Waals surface area (Å²) in [5.41, 5.74) is 5.22. The van der Waals surface area contributed by atoms with Crippen LogP contribution in [0.3, 0.4) is 0 Å². The average molecular weight is 375 g/mol. The quantitative estimate of drug-likeness (QED) is 0.683. The summed E-state index contributed by atoms with van der Waals surface area (Å²) in [4.78, 5) is 29.4. The monoisotopic (exact) mass is 375 g/mol. The van der Waals surface area contributed by atoms with Crippen molar-refractivity contribution in [3.8, 4) is 0 Å². The lowest BCUT2D eigenvalue weighted by Crippen LogP contribution is -2.49. The first kappa shape index (κ1) is 18.3. The SMILES string of the molecule is CC(=O)n1cc(C(=O)N2CCN(c3cccc(C)c3C)CC2)c2ccccc21. The van der Waals surface area contributed by atoms with Crippen molar-refractivity contribution in [2.45, 2.75) is 20.8 Å². The summed E-state index contributed by atoms with van der Waals surface area (Å²) in [5, 5.41) is 0.833. The molecule has 144 valence electrons. The summed E-state index contributed by atoms with van der Waals surface area (Å²) < 4.78 is 1.56. The fourth-order valence-corrected chi connectivity index (χ4v) is 4.01. The number of amides is 1. The molecule has 5 nitrogen and oxygen atoms in total. The van der Waals surface area contributed by atoms with E-state index in [2.05, 4.69) is 36.9 Å². The number of rotatable bonds is 2. The second kappa shape index (κ2) is 7.15. The van der Waals surface area contributed by atoms with Crippen LogP contribution in [0.4, 0.5) is 5.69 Å². The van der Waals surface area contributed by atoms with Crippen molar-refractivity contribution in [1.29, 1.82) is 0 Å². The molecule has 0 bridgehead atoms. The molecule has 0 aliphatic carbocycles. The number of fused-ring (bicyclic) bond motifs is 1. The summed E-state index contributed by atoms with van der Waals surface area (Å²) in [6.07, 6.45) is 1.69. The summed E-state index contributed by atoms with van der Waals surface area (Å²) in [5.74, 6) is -0.0909. The maximum atomic E-state index is 13.2. The molecule has 0 radical (unpaired) electrons. The maximum absolute atomic E-state index is 13.2. The Morgan fingerprint density at radius 2 is 1.61 bits per heavy atom. The third kappa shape index (κ3) is 3.07. The highest BCUT2D eigenvalue weighted by molar-refractivity contribution is 6.09. The number of nitrogens with zero attached hydrogens (tertiary/aromatic N) is 3. The minimum atomic E-state index is -0.0880. The molecule has 0 atom stereocenters. The van der Waals surface area contributed by atoms with Crippen molar-refractivity contribution in [3.63, 3.8) is 0 Å². The number of carbonyl (C=O) groups is 2. The molecule has 0 spiro atoms. The number of hydrogen-bond acceptors (Lipinski definition) is 3. The van der Waals surface area contributed by atoms with Crippen LogP contribution in [0.1, 0.15) is 33.2 Å². The first-order valence-electron chi connectivity index (χ1n) is 9.69. The van der Waals surface area contributed by atoms with Gasteiger partial charge in [0.15, 0.2) is 0 Å². The predicted molar refractivity (Wildman–Crippen MR) is 112 cm³/mol. The van der Waals surface area contributed by atoms with E-state index >= 15 is 0 Å². The van der Waals surface area contributed by atoms with Crippen LogP contribution in [0.25, 0.3) is 10.9 Å². The van der Waals surface area contributed by atoms with Crippen LogP contribution in [0.2, 0.25) is 0 Å². The molecule has 2 heterocycles. The molecule has 3 aromatic rings. The highest BCUT2D eigenvalue weighted by atomic mass is 16.2. The predicted octanol–water partition coefficient (Wildman–Crippen LogP) is 3.88. The molecule has 1 saturated heterocycles. The lowest BCUT2D eigenvalue weighted by molar-refractivity contribution is 0.0748. The molecule has 1 aliphatic rings. The molecule has 1 aromatic heterocycles. The first-order chi connectivity index (χ1) is 13.5. The van der Waals surface area contributed by atoms with Crippen molar-refractivity contribution in [2.75, 3.05) is 31.1 Å². The normalized spacial score (nSPS) is 14.5. The van der Waals surface area contributed by atoms with Gasteiger partial charge in [-0.25, -0.2) is 0 Å². The van der Waals surface area contributed by atoms with Crippen LogP contribution in [0.5, 0.6) is 0 Å². The number of hydrogen-bond donors (Lipinski definition) is 0. The summed E-state index contributed by atoms with van der Waals surface area (Å²) >= 11 is 0. The lowest BCUT2D eigenvalue weighted by Gasteiger charge is -2.37. The van der Waals surface area contributed by atoms with Crippen LogP contribution >= 0.6 is 0 Å². The zero-order valence-electron chi connectivity index (χ0n) is 16.6. The van der Waals surface area contributed by atoms with Gasteiger partial charge in [0.25, 0.3) is 5.91 Å². The molecular formula is C23H25N3O2. The minimum Gasteiger partial charge on any atom is -0.368 e. The van der Waals surface area contributed by atoms with Crippen LogP contribution < -0.4 is 4.90 Å². The zero-order valence-corrected chi connectivity index (χ0v) is 16.6. The number of aryl methyl sites for hydroxylation is 1. The standard InChI is InChI=1S/C23H25N3O2/c1-16-7-6-10-21(17(16)2)24-11-13-25(14-12-24)23(28)20-15-26(18(3)27)22-9-5-4-8-19(20)22/h4-10,15H,11-14H2,1-3H3. The van der Waals surface area contributed by atoms with E-state index < -0.39 is 0 Å². The van der Waals surface area contributed by atoms with Gasteiger partial charge in [0, 0.05) is 50.4 Å². The summed E-state index contributed by atoms with van der Waals surface area (Å²) in [6.45, 7) is 8.76. The van der Waals surface area contributed by atoms with Crippen molar-refractivity contribution in [3.05, 3.63) is 65.4 Å². The number of benzene rings is 2. The second-order valence-electron chi connectivity index (χ2n) is 7.45. The summed E-state index contributed by atoms with van der Waals surface area (Å²) in [7, 11) is 0. The van der Waals surface area contributed by atoms with E-state index in [4.69, 9.17) is 0 Å². The van der Waals surface area contributed by atoms with Gasteiger partial charge in [0.1, 0.15) is 0 Å². The lowest BCUT2D eigenvalue weighted by atomic mass is 10.1. The van der Waals surface area contributed by atoms with Gasteiger partial charge in [-0.1, -0.05) is 30.3 Å². The number of para-hydroxylation sites is 1. The Kier molecular flexibility index (Phi) is 4.67. The number of carbonyl (C=O) groups excluding carboxylic acids is 2. The third-order valence-corrected chi connectivity index (χ3v) is 5.77. The van der Waals surface area contributed by atoms with Gasteiger partial charge >= 0.3 is 0 Å². The van der Waals surface area contributed by atoms with Gasteiger partial charge < -0.3 is 9.80 Å². The molecule has 4 rings (SSSR count). The Labute approximate surface area is 165 Å². The van der Waals surface area contributed by atoms with Gasteiger partial charge in [-0.15, -0.1) is 0 Å². The molecule has 5 heteroatoms. The molecule has 28 heavy (non-hydrogen) atoms. The molecule has 0 unspecified atom stereocenters. The van der Waals surface area contributed by atoms with Crippen LogP contribution in [-0.4, -0.2) is 47.5 Å². The van der Waals surface area contributed by atoms with Crippen LogP contribution in [0, 0.1) is 13.8 Å². The van der Waals surface area contributed by atoms with E-state index in [0.717, 1.165) is 24.0 Å². The van der Waals surface area contributed by atoms with E-state index in [-0.39, 0.29) is 11.8 Å². The number of aromatic nitrogens is 1. The maximum Gasteiger partial charge on any atom is 0.256 e. The van der Waals surface area contributed by atoms with Gasteiger partial charge in [0.05, 0.1) is 11.1 Å². The van der Waals surface area contributed by atoms with E-state index in [1.165, 1.54) is 23.7 Å². The van der Waals surface area contributed by atoms with E-state index in [9.17, 15) is 9.59 Å². The first-order valence-corrected chi connectivity index (χ1v) is 9.69. The Morgan fingerprint density at radius 3 is 2.32 bits per heavy atom. The molecule has 0 N–H and O–H groups in total. The van der Waals surface area contributed by atoms with Gasteiger partial charge in [0.2, 0.25) is 5.91 Å².